The molecule has 1 unspecified atom stereocenters. The van der Waals surface area contributed by atoms with Gasteiger partial charge in [-0.3, -0.25) is 9.78 Å². The van der Waals surface area contributed by atoms with Crippen LogP contribution in [0.2, 0.25) is 0 Å². The van der Waals surface area contributed by atoms with E-state index in [0.717, 1.165) is 39.1 Å². The molecule has 2 aliphatic rings. The Bertz CT molecular complexity index is 761. The summed E-state index contributed by atoms with van der Waals surface area (Å²) in [4.78, 5) is 23.0. The minimum Gasteiger partial charge on any atom is -0.381 e. The fourth-order valence-electron chi connectivity index (χ4n) is 3.66. The Morgan fingerprint density at radius 1 is 1.25 bits per heavy atom. The molecule has 4 rings (SSSR count). The van der Waals surface area contributed by atoms with Crippen molar-refractivity contribution in [2.75, 3.05) is 39.5 Å². The molecule has 2 aromatic rings. The topological polar surface area (TPSA) is 90.6 Å². The van der Waals surface area contributed by atoms with Gasteiger partial charge in [-0.25, -0.2) is 0 Å². The summed E-state index contributed by atoms with van der Waals surface area (Å²) in [7, 11) is 0. The first-order chi connectivity index (χ1) is 13.8. The fourth-order valence-corrected chi connectivity index (χ4v) is 3.66. The summed E-state index contributed by atoms with van der Waals surface area (Å²) in [6, 6.07) is 5.36. The van der Waals surface area contributed by atoms with Gasteiger partial charge >= 0.3 is 0 Å². The molecular formula is C20H26N4O4. The summed E-state index contributed by atoms with van der Waals surface area (Å²) in [5.41, 5.74) is 0.469. The van der Waals surface area contributed by atoms with Crippen LogP contribution in [-0.2, 0) is 15.9 Å². The summed E-state index contributed by atoms with van der Waals surface area (Å²) in [5, 5.41) is 4.07. The van der Waals surface area contributed by atoms with E-state index in [9.17, 15) is 4.79 Å². The highest BCUT2D eigenvalue weighted by molar-refractivity contribution is 5.92. The summed E-state index contributed by atoms with van der Waals surface area (Å²) in [5.74, 6) is 1.89. The molecule has 4 heterocycles. The van der Waals surface area contributed by atoms with E-state index in [0.29, 0.717) is 49.4 Å². The second-order valence-corrected chi connectivity index (χ2v) is 7.38. The van der Waals surface area contributed by atoms with Gasteiger partial charge in [-0.05, 0) is 37.3 Å². The third-order valence-electron chi connectivity index (χ3n) is 5.36. The van der Waals surface area contributed by atoms with Crippen molar-refractivity contribution in [1.29, 1.82) is 0 Å². The lowest BCUT2D eigenvalue weighted by molar-refractivity contribution is 0.0211. The molecule has 0 bridgehead atoms. The van der Waals surface area contributed by atoms with Crippen LogP contribution in [0.1, 0.15) is 47.4 Å². The highest BCUT2D eigenvalue weighted by Gasteiger charge is 2.31. The van der Waals surface area contributed by atoms with Gasteiger partial charge in [-0.15, -0.1) is 0 Å². The number of amides is 1. The van der Waals surface area contributed by atoms with E-state index in [1.165, 1.54) is 0 Å². The van der Waals surface area contributed by atoms with Gasteiger partial charge in [-0.2, -0.15) is 4.98 Å². The van der Waals surface area contributed by atoms with E-state index < -0.39 is 0 Å². The number of hydrogen-bond acceptors (Lipinski definition) is 7. The lowest BCUT2D eigenvalue weighted by Crippen LogP contribution is -2.29. The fraction of sp³-hybridized carbons (Fsp3) is 0.600. The predicted molar refractivity (Wildman–Crippen MR) is 99.9 cm³/mol. The maximum Gasteiger partial charge on any atom is 0.272 e. The first-order valence-corrected chi connectivity index (χ1v) is 9.98. The van der Waals surface area contributed by atoms with Crippen LogP contribution in [-0.4, -0.2) is 65.4 Å². The molecule has 0 saturated carbocycles. The van der Waals surface area contributed by atoms with Crippen molar-refractivity contribution in [2.45, 2.75) is 31.6 Å². The van der Waals surface area contributed by atoms with E-state index in [4.69, 9.17) is 14.0 Å². The normalized spacial score (nSPS) is 20.6. The Morgan fingerprint density at radius 2 is 2.14 bits per heavy atom. The lowest BCUT2D eigenvalue weighted by Gasteiger charge is -2.21. The van der Waals surface area contributed by atoms with E-state index >= 15 is 0 Å². The first-order valence-electron chi connectivity index (χ1n) is 9.98. The van der Waals surface area contributed by atoms with Crippen LogP contribution < -0.4 is 0 Å². The molecule has 0 spiro atoms. The molecule has 150 valence electrons. The quantitative estimate of drug-likeness (QED) is 0.673. The minimum atomic E-state index is -0.0515. The maximum atomic E-state index is 12.5. The van der Waals surface area contributed by atoms with Gasteiger partial charge in [-0.1, -0.05) is 11.2 Å². The summed E-state index contributed by atoms with van der Waals surface area (Å²) in [6.45, 7) is 4.28. The van der Waals surface area contributed by atoms with Crippen molar-refractivity contribution in [3.05, 3.63) is 41.8 Å². The monoisotopic (exact) mass is 386 g/mol. The van der Waals surface area contributed by atoms with E-state index in [1.807, 2.05) is 6.07 Å². The molecule has 8 heteroatoms. The van der Waals surface area contributed by atoms with Crippen molar-refractivity contribution in [2.24, 2.45) is 5.92 Å². The molecule has 2 aliphatic heterocycles. The Morgan fingerprint density at radius 3 is 2.96 bits per heavy atom. The third kappa shape index (κ3) is 4.74. The Hall–Kier alpha value is -2.32. The highest BCUT2D eigenvalue weighted by atomic mass is 16.5. The lowest BCUT2D eigenvalue weighted by atomic mass is 10.0. The zero-order valence-electron chi connectivity index (χ0n) is 16.0. The number of pyridine rings is 1. The van der Waals surface area contributed by atoms with E-state index in [1.54, 1.807) is 23.2 Å². The average Bonchev–Trinajstić information content (AvgIpc) is 3.42. The SMILES string of the molecule is O=C(c1ccccn1)N1CCC(c2nc(CCOCC3CCOCC3)no2)C1. The minimum absolute atomic E-state index is 0.0515. The molecule has 0 aromatic carbocycles. The predicted octanol–water partition coefficient (Wildman–Crippen LogP) is 2.08. The standard InChI is InChI=1S/C20H26N4O4/c25-20(17-3-1-2-8-21-17)24-9-4-16(13-24)19-22-18(23-28-19)7-12-27-14-15-5-10-26-11-6-15/h1-3,8,15-16H,4-7,9-14H2. The van der Waals surface area contributed by atoms with Crippen LogP contribution in [0.15, 0.2) is 28.9 Å². The second kappa shape index (κ2) is 9.25. The molecule has 0 aliphatic carbocycles. The summed E-state index contributed by atoms with van der Waals surface area (Å²) < 4.78 is 16.6. The number of hydrogen-bond donors (Lipinski definition) is 0. The summed E-state index contributed by atoms with van der Waals surface area (Å²) in [6.07, 6.45) is 5.23. The van der Waals surface area contributed by atoms with Crippen molar-refractivity contribution < 1.29 is 18.8 Å². The van der Waals surface area contributed by atoms with Gasteiger partial charge < -0.3 is 18.9 Å². The average molecular weight is 386 g/mol. The largest absolute Gasteiger partial charge is 0.381 e. The maximum absolute atomic E-state index is 12.5. The number of carbonyl (C=O) groups is 1. The van der Waals surface area contributed by atoms with Crippen molar-refractivity contribution in [3.63, 3.8) is 0 Å². The third-order valence-corrected chi connectivity index (χ3v) is 5.36. The molecule has 2 saturated heterocycles. The van der Waals surface area contributed by atoms with Gasteiger partial charge in [0.05, 0.1) is 12.5 Å². The van der Waals surface area contributed by atoms with Crippen LogP contribution in [0.3, 0.4) is 0 Å². The van der Waals surface area contributed by atoms with Gasteiger partial charge in [0.2, 0.25) is 5.89 Å². The zero-order chi connectivity index (χ0) is 19.2. The van der Waals surface area contributed by atoms with Gasteiger partial charge in [0.25, 0.3) is 5.91 Å². The number of rotatable bonds is 7. The van der Waals surface area contributed by atoms with Crippen molar-refractivity contribution in [3.8, 4) is 0 Å². The Balaban J connectivity index is 1.22. The molecular weight excluding hydrogens is 360 g/mol. The van der Waals surface area contributed by atoms with E-state index in [-0.39, 0.29) is 11.8 Å². The highest BCUT2D eigenvalue weighted by Crippen LogP contribution is 2.27. The van der Waals surface area contributed by atoms with Crippen LogP contribution in [0.5, 0.6) is 0 Å². The van der Waals surface area contributed by atoms with Crippen LogP contribution in [0.25, 0.3) is 0 Å². The zero-order valence-corrected chi connectivity index (χ0v) is 16.0. The summed E-state index contributed by atoms with van der Waals surface area (Å²) >= 11 is 0. The van der Waals surface area contributed by atoms with Crippen LogP contribution >= 0.6 is 0 Å². The number of carbonyl (C=O) groups excluding carboxylic acids is 1. The van der Waals surface area contributed by atoms with Crippen LogP contribution in [0.4, 0.5) is 0 Å². The number of ether oxygens (including phenoxy) is 2. The first kappa shape index (κ1) is 19.0. The second-order valence-electron chi connectivity index (χ2n) is 7.38. The van der Waals surface area contributed by atoms with Gasteiger partial charge in [0, 0.05) is 45.5 Å². The number of likely N-dealkylation sites (tertiary alicyclic amines) is 1. The van der Waals surface area contributed by atoms with Crippen LogP contribution in [0, 0.1) is 5.92 Å². The number of aromatic nitrogens is 3. The van der Waals surface area contributed by atoms with E-state index in [2.05, 4.69) is 15.1 Å². The molecule has 1 amide bonds. The molecule has 8 nitrogen and oxygen atoms in total. The molecule has 2 fully saturated rings. The Kier molecular flexibility index (Phi) is 6.28. The molecule has 0 radical (unpaired) electrons. The molecule has 2 aromatic heterocycles. The van der Waals surface area contributed by atoms with Gasteiger partial charge in [0.15, 0.2) is 5.82 Å². The van der Waals surface area contributed by atoms with Gasteiger partial charge in [0.1, 0.15) is 5.69 Å². The molecule has 0 N–H and O–H groups in total. The van der Waals surface area contributed by atoms with Crippen molar-refractivity contribution >= 4 is 5.91 Å². The number of nitrogens with zero attached hydrogens (tertiary/aromatic N) is 4. The smallest absolute Gasteiger partial charge is 0.272 e. The Labute approximate surface area is 164 Å². The molecule has 28 heavy (non-hydrogen) atoms. The van der Waals surface area contributed by atoms with Crippen molar-refractivity contribution in [1.82, 2.24) is 20.0 Å². The molecule has 1 atom stereocenters.